The van der Waals surface area contributed by atoms with Crippen LogP contribution in [0.4, 0.5) is 0 Å². The Bertz CT molecular complexity index is 853. The fraction of sp³-hybridized carbons (Fsp3) is 0.235. The minimum absolute atomic E-state index is 0.177. The molecule has 1 saturated heterocycles. The fourth-order valence-electron chi connectivity index (χ4n) is 2.68. The number of amides is 2. The second-order valence-electron chi connectivity index (χ2n) is 5.63. The number of benzene rings is 1. The molecule has 0 aliphatic carbocycles. The van der Waals surface area contributed by atoms with E-state index in [4.69, 9.17) is 23.2 Å². The van der Waals surface area contributed by atoms with Crippen LogP contribution in [0.15, 0.2) is 41.3 Å². The van der Waals surface area contributed by atoms with Gasteiger partial charge in [0.05, 0.1) is 21.2 Å². The molecule has 0 spiro atoms. The van der Waals surface area contributed by atoms with Crippen molar-refractivity contribution in [1.82, 2.24) is 14.8 Å². The van der Waals surface area contributed by atoms with E-state index >= 15 is 0 Å². The lowest BCUT2D eigenvalue weighted by Crippen LogP contribution is -2.50. The summed E-state index contributed by atoms with van der Waals surface area (Å²) in [4.78, 5) is 41.9. The maximum absolute atomic E-state index is 12.6. The van der Waals surface area contributed by atoms with Crippen molar-refractivity contribution in [3.63, 3.8) is 0 Å². The van der Waals surface area contributed by atoms with Crippen LogP contribution < -0.4 is 5.56 Å². The Morgan fingerprint density at radius 2 is 1.56 bits per heavy atom. The summed E-state index contributed by atoms with van der Waals surface area (Å²) < 4.78 is 0. The number of carbonyl (C=O) groups is 2. The Kier molecular flexibility index (Phi) is 5.11. The van der Waals surface area contributed by atoms with Crippen LogP contribution in [0.1, 0.15) is 20.7 Å². The van der Waals surface area contributed by atoms with Gasteiger partial charge in [-0.3, -0.25) is 14.4 Å². The van der Waals surface area contributed by atoms with E-state index in [1.165, 1.54) is 18.3 Å². The van der Waals surface area contributed by atoms with Gasteiger partial charge in [0.25, 0.3) is 11.8 Å². The smallest absolute Gasteiger partial charge is 0.255 e. The molecule has 0 bridgehead atoms. The minimum atomic E-state index is -0.259. The van der Waals surface area contributed by atoms with Gasteiger partial charge in [-0.15, -0.1) is 0 Å². The lowest BCUT2D eigenvalue weighted by atomic mass is 10.1. The quantitative estimate of drug-likeness (QED) is 0.869. The minimum Gasteiger partial charge on any atom is -0.335 e. The Morgan fingerprint density at radius 1 is 0.920 bits per heavy atom. The maximum atomic E-state index is 12.6. The summed E-state index contributed by atoms with van der Waals surface area (Å²) in [6, 6.07) is 7.74. The molecule has 0 atom stereocenters. The Balaban J connectivity index is 1.66. The molecular weight excluding hydrogens is 365 g/mol. The second-order valence-corrected chi connectivity index (χ2v) is 6.41. The summed E-state index contributed by atoms with van der Waals surface area (Å²) in [5.74, 6) is -0.382. The highest BCUT2D eigenvalue weighted by Gasteiger charge is 2.26. The van der Waals surface area contributed by atoms with E-state index in [1.54, 1.807) is 28.0 Å². The third-order valence-electron chi connectivity index (χ3n) is 4.07. The van der Waals surface area contributed by atoms with Gasteiger partial charge in [0.1, 0.15) is 0 Å². The highest BCUT2D eigenvalue weighted by Crippen LogP contribution is 2.26. The Labute approximate surface area is 154 Å². The number of hydrogen-bond acceptors (Lipinski definition) is 3. The Hall–Kier alpha value is -2.31. The van der Waals surface area contributed by atoms with Gasteiger partial charge in [0.15, 0.2) is 0 Å². The summed E-state index contributed by atoms with van der Waals surface area (Å²) in [6.07, 6.45) is 1.40. The number of rotatable bonds is 2. The number of nitrogens with one attached hydrogen (secondary N) is 1. The maximum Gasteiger partial charge on any atom is 0.255 e. The lowest BCUT2D eigenvalue weighted by molar-refractivity contribution is 0.0535. The molecule has 1 fully saturated rings. The van der Waals surface area contributed by atoms with E-state index in [2.05, 4.69) is 4.98 Å². The van der Waals surface area contributed by atoms with Crippen LogP contribution in [0.2, 0.25) is 10.0 Å². The molecular formula is C17H15Cl2N3O3. The first-order valence-corrected chi connectivity index (χ1v) is 8.44. The molecule has 2 aromatic rings. The average Bonchev–Trinajstić information content (AvgIpc) is 2.64. The SMILES string of the molecule is O=C(c1ccc(=O)[nH]c1)N1CCN(C(=O)c2cccc(Cl)c2Cl)CC1. The summed E-state index contributed by atoms with van der Waals surface area (Å²) in [7, 11) is 0. The van der Waals surface area contributed by atoms with E-state index in [0.717, 1.165) is 0 Å². The van der Waals surface area contributed by atoms with Gasteiger partial charge >= 0.3 is 0 Å². The molecule has 1 aromatic carbocycles. The zero-order valence-corrected chi connectivity index (χ0v) is 14.7. The van der Waals surface area contributed by atoms with Crippen molar-refractivity contribution >= 4 is 35.0 Å². The van der Waals surface area contributed by atoms with Gasteiger partial charge < -0.3 is 14.8 Å². The number of aromatic amines is 1. The number of hydrogen-bond donors (Lipinski definition) is 1. The second kappa shape index (κ2) is 7.29. The van der Waals surface area contributed by atoms with Gasteiger partial charge in [-0.1, -0.05) is 29.3 Å². The highest BCUT2D eigenvalue weighted by molar-refractivity contribution is 6.43. The monoisotopic (exact) mass is 379 g/mol. The molecule has 2 amide bonds. The highest BCUT2D eigenvalue weighted by atomic mass is 35.5. The van der Waals surface area contributed by atoms with E-state index in [1.807, 2.05) is 0 Å². The molecule has 0 saturated carbocycles. The van der Waals surface area contributed by atoms with Gasteiger partial charge in [0.2, 0.25) is 5.56 Å². The number of nitrogens with zero attached hydrogens (tertiary/aromatic N) is 2. The summed E-state index contributed by atoms with van der Waals surface area (Å²) in [5.41, 5.74) is 0.511. The largest absolute Gasteiger partial charge is 0.335 e. The number of halogens is 2. The summed E-state index contributed by atoms with van der Waals surface area (Å²) >= 11 is 12.1. The topological polar surface area (TPSA) is 73.5 Å². The normalized spacial score (nSPS) is 14.5. The van der Waals surface area contributed by atoms with E-state index < -0.39 is 0 Å². The lowest BCUT2D eigenvalue weighted by Gasteiger charge is -2.35. The predicted octanol–water partition coefficient (Wildman–Crippen LogP) is 2.28. The van der Waals surface area contributed by atoms with Gasteiger partial charge in [0, 0.05) is 38.4 Å². The van der Waals surface area contributed by atoms with Crippen molar-refractivity contribution in [1.29, 1.82) is 0 Å². The number of H-pyrrole nitrogens is 1. The summed E-state index contributed by atoms with van der Waals surface area (Å²) in [5, 5.41) is 0.570. The molecule has 0 unspecified atom stereocenters. The van der Waals surface area contributed by atoms with Crippen molar-refractivity contribution in [3.8, 4) is 0 Å². The first-order chi connectivity index (χ1) is 12.0. The number of piperazine rings is 1. The van der Waals surface area contributed by atoms with Gasteiger partial charge in [-0.2, -0.15) is 0 Å². The van der Waals surface area contributed by atoms with E-state index in [0.29, 0.717) is 42.3 Å². The first-order valence-electron chi connectivity index (χ1n) is 7.68. The van der Waals surface area contributed by atoms with Crippen LogP contribution in [0.5, 0.6) is 0 Å². The molecule has 2 heterocycles. The van der Waals surface area contributed by atoms with Crippen LogP contribution >= 0.6 is 23.2 Å². The third-order valence-corrected chi connectivity index (χ3v) is 4.89. The van der Waals surface area contributed by atoms with Crippen LogP contribution in [0, 0.1) is 0 Å². The molecule has 25 heavy (non-hydrogen) atoms. The van der Waals surface area contributed by atoms with Gasteiger partial charge in [-0.05, 0) is 18.2 Å². The third kappa shape index (κ3) is 3.70. The van der Waals surface area contributed by atoms with Crippen LogP contribution in [0.3, 0.4) is 0 Å². The van der Waals surface area contributed by atoms with Crippen molar-refractivity contribution < 1.29 is 9.59 Å². The Morgan fingerprint density at radius 3 is 2.16 bits per heavy atom. The van der Waals surface area contributed by atoms with Crippen LogP contribution in [-0.2, 0) is 0 Å². The fourth-order valence-corrected chi connectivity index (χ4v) is 3.06. The zero-order valence-electron chi connectivity index (χ0n) is 13.2. The molecule has 8 heteroatoms. The first kappa shape index (κ1) is 17.5. The number of carbonyl (C=O) groups excluding carboxylic acids is 2. The molecule has 1 aliphatic heterocycles. The average molecular weight is 380 g/mol. The standard InChI is InChI=1S/C17H15Cl2N3O3/c18-13-3-1-2-12(15(13)19)17(25)22-8-6-21(7-9-22)16(24)11-4-5-14(23)20-10-11/h1-5,10H,6-9H2,(H,20,23). The molecule has 1 aromatic heterocycles. The molecule has 1 aliphatic rings. The van der Waals surface area contributed by atoms with E-state index in [-0.39, 0.29) is 22.4 Å². The zero-order chi connectivity index (χ0) is 18.0. The number of pyridine rings is 1. The number of aromatic nitrogens is 1. The molecule has 1 N–H and O–H groups in total. The van der Waals surface area contributed by atoms with E-state index in [9.17, 15) is 14.4 Å². The molecule has 3 rings (SSSR count). The molecule has 6 nitrogen and oxygen atoms in total. The van der Waals surface area contributed by atoms with Gasteiger partial charge in [-0.25, -0.2) is 0 Å². The summed E-state index contributed by atoms with van der Waals surface area (Å²) in [6.45, 7) is 1.61. The molecule has 0 radical (unpaired) electrons. The van der Waals surface area contributed by atoms with Crippen molar-refractivity contribution in [2.75, 3.05) is 26.2 Å². The van der Waals surface area contributed by atoms with Crippen molar-refractivity contribution in [2.45, 2.75) is 0 Å². The van der Waals surface area contributed by atoms with Crippen LogP contribution in [0.25, 0.3) is 0 Å². The molecule has 130 valence electrons. The van der Waals surface area contributed by atoms with Crippen molar-refractivity contribution in [2.24, 2.45) is 0 Å². The van der Waals surface area contributed by atoms with Crippen molar-refractivity contribution in [3.05, 3.63) is 68.1 Å². The predicted molar refractivity (Wildman–Crippen MR) is 95.3 cm³/mol. The van der Waals surface area contributed by atoms with Crippen LogP contribution in [-0.4, -0.2) is 52.8 Å².